The first-order valence-corrected chi connectivity index (χ1v) is 6.61. The zero-order chi connectivity index (χ0) is 13.7. The van der Waals surface area contributed by atoms with Crippen molar-refractivity contribution in [1.29, 1.82) is 0 Å². The predicted octanol–water partition coefficient (Wildman–Crippen LogP) is 3.92. The highest BCUT2D eigenvalue weighted by Crippen LogP contribution is 2.33. The van der Waals surface area contributed by atoms with E-state index in [1.807, 2.05) is 0 Å². The largest absolute Gasteiger partial charge is 0.466 e. The summed E-state index contributed by atoms with van der Waals surface area (Å²) in [5.41, 5.74) is 0.627. The minimum Gasteiger partial charge on any atom is -0.466 e. The van der Waals surface area contributed by atoms with Crippen molar-refractivity contribution < 1.29 is 23.0 Å². The molecule has 0 saturated carbocycles. The topological polar surface area (TPSA) is 35.5 Å². The molecule has 0 amide bonds. The lowest BCUT2D eigenvalue weighted by atomic mass is 10.1. The molecule has 1 aromatic carbocycles. The van der Waals surface area contributed by atoms with Crippen molar-refractivity contribution in [3.8, 4) is 5.75 Å². The van der Waals surface area contributed by atoms with Crippen LogP contribution in [0.2, 0.25) is 0 Å². The standard InChI is InChI=1S/C11H10Br2F2O3/c1-2-17-10(16)4-6-3-8(13)9(5-7(6)12)18-11(14)15/h3,5,11H,2,4H2,1H3. The third-order valence-electron chi connectivity index (χ3n) is 1.96. The molecule has 1 aromatic rings. The number of rotatable bonds is 5. The van der Waals surface area contributed by atoms with Gasteiger partial charge in [-0.05, 0) is 40.5 Å². The summed E-state index contributed by atoms with van der Waals surface area (Å²) >= 11 is 6.30. The second-order valence-electron chi connectivity index (χ2n) is 3.23. The number of carbonyl (C=O) groups excluding carboxylic acids is 1. The molecular formula is C11H10Br2F2O3. The summed E-state index contributed by atoms with van der Waals surface area (Å²) in [6.45, 7) is -0.892. The first-order chi connectivity index (χ1) is 8.43. The minimum atomic E-state index is -2.90. The SMILES string of the molecule is CCOC(=O)Cc1cc(Br)c(OC(F)F)cc1Br. The van der Waals surface area contributed by atoms with Gasteiger partial charge in [0.2, 0.25) is 0 Å². The van der Waals surface area contributed by atoms with Gasteiger partial charge in [-0.2, -0.15) is 8.78 Å². The van der Waals surface area contributed by atoms with Gasteiger partial charge in [0.05, 0.1) is 17.5 Å². The molecule has 18 heavy (non-hydrogen) atoms. The summed E-state index contributed by atoms with van der Waals surface area (Å²) in [7, 11) is 0. The number of ether oxygens (including phenoxy) is 2. The average Bonchev–Trinajstić information content (AvgIpc) is 2.25. The molecule has 0 radical (unpaired) electrons. The lowest BCUT2D eigenvalue weighted by Crippen LogP contribution is -2.08. The average molecular weight is 388 g/mol. The summed E-state index contributed by atoms with van der Waals surface area (Å²) in [6, 6.07) is 2.92. The van der Waals surface area contributed by atoms with E-state index in [1.165, 1.54) is 6.07 Å². The van der Waals surface area contributed by atoms with Crippen LogP contribution in [0.15, 0.2) is 21.1 Å². The molecule has 100 valence electrons. The van der Waals surface area contributed by atoms with Crippen molar-refractivity contribution in [2.75, 3.05) is 6.61 Å². The van der Waals surface area contributed by atoms with Gasteiger partial charge in [-0.3, -0.25) is 4.79 Å². The first-order valence-electron chi connectivity index (χ1n) is 5.02. The first kappa shape index (κ1) is 15.4. The second-order valence-corrected chi connectivity index (χ2v) is 4.94. The van der Waals surface area contributed by atoms with E-state index < -0.39 is 6.61 Å². The molecule has 0 atom stereocenters. The summed E-state index contributed by atoms with van der Waals surface area (Å²) in [4.78, 5) is 11.3. The lowest BCUT2D eigenvalue weighted by molar-refractivity contribution is -0.142. The molecule has 7 heteroatoms. The fourth-order valence-corrected chi connectivity index (χ4v) is 2.21. The van der Waals surface area contributed by atoms with Crippen LogP contribution in [0.1, 0.15) is 12.5 Å². The number of benzene rings is 1. The highest BCUT2D eigenvalue weighted by atomic mass is 79.9. The van der Waals surface area contributed by atoms with Crippen molar-refractivity contribution in [2.45, 2.75) is 20.0 Å². The van der Waals surface area contributed by atoms with Crippen LogP contribution in [0.4, 0.5) is 8.78 Å². The summed E-state index contributed by atoms with van der Waals surface area (Å²) in [6.07, 6.45) is 0.0575. The molecular weight excluding hydrogens is 378 g/mol. The Balaban J connectivity index is 2.89. The molecule has 0 N–H and O–H groups in total. The second kappa shape index (κ2) is 7.04. The fourth-order valence-electron chi connectivity index (χ4n) is 1.26. The number of hydrogen-bond donors (Lipinski definition) is 0. The number of halogens is 4. The zero-order valence-corrected chi connectivity index (χ0v) is 12.6. The molecule has 0 heterocycles. The monoisotopic (exact) mass is 386 g/mol. The Bertz CT molecular complexity index is 439. The molecule has 1 rings (SSSR count). The zero-order valence-electron chi connectivity index (χ0n) is 9.38. The van der Waals surface area contributed by atoms with E-state index in [2.05, 4.69) is 36.6 Å². The summed E-state index contributed by atoms with van der Waals surface area (Å²) in [5, 5.41) is 0. The Hall–Kier alpha value is -0.690. The van der Waals surface area contributed by atoms with Crippen molar-refractivity contribution in [2.24, 2.45) is 0 Å². The van der Waals surface area contributed by atoms with Gasteiger partial charge in [-0.25, -0.2) is 0 Å². The molecule has 0 aliphatic rings. The maximum Gasteiger partial charge on any atom is 0.387 e. The van der Waals surface area contributed by atoms with E-state index in [0.717, 1.165) is 0 Å². The van der Waals surface area contributed by atoms with Crippen molar-refractivity contribution in [3.05, 3.63) is 26.6 Å². The normalized spacial score (nSPS) is 10.6. The Morgan fingerprint density at radius 3 is 2.56 bits per heavy atom. The van der Waals surface area contributed by atoms with Crippen LogP contribution in [0.25, 0.3) is 0 Å². The molecule has 0 aliphatic carbocycles. The number of alkyl halides is 2. The Kier molecular flexibility index (Phi) is 6.01. The minimum absolute atomic E-state index is 0.00415. The number of esters is 1. The Morgan fingerprint density at radius 1 is 1.33 bits per heavy atom. The van der Waals surface area contributed by atoms with Gasteiger partial charge in [0.1, 0.15) is 5.75 Å². The Morgan fingerprint density at radius 2 is 2.00 bits per heavy atom. The molecule has 0 fully saturated rings. The van der Waals surface area contributed by atoms with E-state index in [-0.39, 0.29) is 18.1 Å². The molecule has 0 saturated heterocycles. The van der Waals surface area contributed by atoms with Crippen LogP contribution in [0, 0.1) is 0 Å². The fraction of sp³-hybridized carbons (Fsp3) is 0.364. The molecule has 0 unspecified atom stereocenters. The third kappa shape index (κ3) is 4.53. The van der Waals surface area contributed by atoms with Crippen LogP contribution in [0.5, 0.6) is 5.75 Å². The van der Waals surface area contributed by atoms with E-state index in [0.29, 0.717) is 21.1 Å². The van der Waals surface area contributed by atoms with Gasteiger partial charge in [0, 0.05) is 4.47 Å². The maximum atomic E-state index is 12.1. The van der Waals surface area contributed by atoms with Crippen LogP contribution < -0.4 is 4.74 Å². The predicted molar refractivity (Wildman–Crippen MR) is 68.8 cm³/mol. The van der Waals surface area contributed by atoms with Gasteiger partial charge in [0.25, 0.3) is 0 Å². The van der Waals surface area contributed by atoms with E-state index >= 15 is 0 Å². The molecule has 0 aromatic heterocycles. The summed E-state index contributed by atoms with van der Waals surface area (Å²) < 4.78 is 34.2. The molecule has 0 spiro atoms. The molecule has 0 bridgehead atoms. The van der Waals surface area contributed by atoms with Gasteiger partial charge in [0.15, 0.2) is 0 Å². The smallest absolute Gasteiger partial charge is 0.387 e. The van der Waals surface area contributed by atoms with E-state index in [9.17, 15) is 13.6 Å². The molecule has 0 aliphatic heterocycles. The Labute approximate surface area is 120 Å². The van der Waals surface area contributed by atoms with Crippen molar-refractivity contribution in [3.63, 3.8) is 0 Å². The summed E-state index contributed by atoms with van der Waals surface area (Å²) in [5.74, 6) is -0.378. The van der Waals surface area contributed by atoms with Crippen LogP contribution in [-0.2, 0) is 16.0 Å². The van der Waals surface area contributed by atoms with Gasteiger partial charge in [-0.15, -0.1) is 0 Å². The van der Waals surface area contributed by atoms with Gasteiger partial charge in [-0.1, -0.05) is 15.9 Å². The van der Waals surface area contributed by atoms with Crippen LogP contribution >= 0.6 is 31.9 Å². The highest BCUT2D eigenvalue weighted by molar-refractivity contribution is 9.11. The maximum absolute atomic E-state index is 12.1. The van der Waals surface area contributed by atoms with Crippen LogP contribution in [0.3, 0.4) is 0 Å². The van der Waals surface area contributed by atoms with E-state index in [1.54, 1.807) is 13.0 Å². The number of hydrogen-bond acceptors (Lipinski definition) is 3. The van der Waals surface area contributed by atoms with E-state index in [4.69, 9.17) is 4.74 Å². The highest BCUT2D eigenvalue weighted by Gasteiger charge is 2.14. The van der Waals surface area contributed by atoms with Crippen molar-refractivity contribution in [1.82, 2.24) is 0 Å². The third-order valence-corrected chi connectivity index (χ3v) is 3.32. The lowest BCUT2D eigenvalue weighted by Gasteiger charge is -2.10. The van der Waals surface area contributed by atoms with Crippen molar-refractivity contribution >= 4 is 37.8 Å². The van der Waals surface area contributed by atoms with Crippen LogP contribution in [-0.4, -0.2) is 19.2 Å². The molecule has 3 nitrogen and oxygen atoms in total. The quantitative estimate of drug-likeness (QED) is 0.718. The van der Waals surface area contributed by atoms with Gasteiger partial charge >= 0.3 is 12.6 Å². The van der Waals surface area contributed by atoms with Gasteiger partial charge < -0.3 is 9.47 Å². The number of carbonyl (C=O) groups is 1.